The number of aliphatic carboxylic acids is 1. The number of rotatable bonds is 10. The number of hydrogen-bond acceptors (Lipinski definition) is 7. The molecule has 2 aromatic rings. The molecular weight excluding hydrogens is 480 g/mol. The first-order valence-corrected chi connectivity index (χ1v) is 13.4. The number of sulfonamides is 2. The van der Waals surface area contributed by atoms with Gasteiger partial charge in [0.2, 0.25) is 10.0 Å². The van der Waals surface area contributed by atoms with Gasteiger partial charge < -0.3 is 10.4 Å². The van der Waals surface area contributed by atoms with E-state index in [1.807, 2.05) is 0 Å². The number of nitrogens with zero attached hydrogens (tertiary/aromatic N) is 1. The second kappa shape index (κ2) is 10.8. The van der Waals surface area contributed by atoms with Crippen molar-refractivity contribution in [3.05, 3.63) is 65.9 Å². The number of allylic oxidation sites excluding steroid dienone is 1. The standard InChI is InChI=1S/C22H26N4O6S2/c1-23-14-19-20(24-15-22(27)28)11-6-12-21(19)26-34(31,32)18-10-5-7-16(13-18)25-33(29,30)17-8-3-2-4-9-17/h2-5,7-10,13-14,21,24-26H,6,11-12,15H2,1H3,(H,27,28)/b23-14-. The SMILES string of the molecule is C/N=C\C1=C(NCC(=O)O)CCCC1NS(=O)(=O)c1cccc(NS(=O)(=O)c2ccccc2)c1. The predicted molar refractivity (Wildman–Crippen MR) is 129 cm³/mol. The molecule has 34 heavy (non-hydrogen) atoms. The maximum Gasteiger partial charge on any atom is 0.322 e. The van der Waals surface area contributed by atoms with Gasteiger partial charge in [-0.1, -0.05) is 24.3 Å². The topological polar surface area (TPSA) is 154 Å². The van der Waals surface area contributed by atoms with E-state index in [0.29, 0.717) is 30.5 Å². The number of carboxylic acids is 1. The molecule has 0 saturated carbocycles. The van der Waals surface area contributed by atoms with Crippen LogP contribution in [0.3, 0.4) is 0 Å². The molecule has 1 aliphatic carbocycles. The van der Waals surface area contributed by atoms with Gasteiger partial charge >= 0.3 is 5.97 Å². The minimum Gasteiger partial charge on any atom is -0.480 e. The molecule has 1 unspecified atom stereocenters. The van der Waals surface area contributed by atoms with E-state index in [9.17, 15) is 21.6 Å². The Kier molecular flexibility index (Phi) is 8.07. The van der Waals surface area contributed by atoms with Gasteiger partial charge in [0.1, 0.15) is 6.54 Å². The van der Waals surface area contributed by atoms with E-state index >= 15 is 0 Å². The van der Waals surface area contributed by atoms with Gasteiger partial charge in [-0.05, 0) is 49.6 Å². The molecule has 0 radical (unpaired) electrons. The van der Waals surface area contributed by atoms with Crippen LogP contribution < -0.4 is 14.8 Å². The molecule has 0 bridgehead atoms. The molecule has 0 aliphatic heterocycles. The van der Waals surface area contributed by atoms with Gasteiger partial charge in [-0.2, -0.15) is 0 Å². The number of hydrogen-bond donors (Lipinski definition) is 4. The summed E-state index contributed by atoms with van der Waals surface area (Å²) in [5, 5.41) is 11.8. The quantitative estimate of drug-likeness (QED) is 0.359. The monoisotopic (exact) mass is 506 g/mol. The molecule has 2 aromatic carbocycles. The summed E-state index contributed by atoms with van der Waals surface area (Å²) >= 11 is 0. The fourth-order valence-corrected chi connectivity index (χ4v) is 5.96. The fourth-order valence-electron chi connectivity index (χ4n) is 3.59. The first-order chi connectivity index (χ1) is 16.1. The summed E-state index contributed by atoms with van der Waals surface area (Å²) in [7, 11) is -6.37. The molecule has 182 valence electrons. The van der Waals surface area contributed by atoms with E-state index in [0.717, 1.165) is 0 Å². The van der Waals surface area contributed by atoms with Crippen molar-refractivity contribution < 1.29 is 26.7 Å². The Hall–Kier alpha value is -3.22. The molecule has 12 heteroatoms. The lowest BCUT2D eigenvalue weighted by atomic mass is 9.92. The summed E-state index contributed by atoms with van der Waals surface area (Å²) in [6.45, 7) is -0.292. The lowest BCUT2D eigenvalue weighted by Crippen LogP contribution is -2.40. The molecular formula is C22H26N4O6S2. The summed E-state index contributed by atoms with van der Waals surface area (Å²) in [6.07, 6.45) is 3.23. The molecule has 0 fully saturated rings. The number of benzene rings is 2. The van der Waals surface area contributed by atoms with Gasteiger partial charge in [0.05, 0.1) is 21.5 Å². The van der Waals surface area contributed by atoms with Crippen molar-refractivity contribution in [2.45, 2.75) is 35.1 Å². The van der Waals surface area contributed by atoms with Crippen molar-refractivity contribution in [3.63, 3.8) is 0 Å². The maximum absolute atomic E-state index is 13.1. The smallest absolute Gasteiger partial charge is 0.322 e. The van der Waals surface area contributed by atoms with Crippen molar-refractivity contribution >= 4 is 37.9 Å². The summed E-state index contributed by atoms with van der Waals surface area (Å²) in [4.78, 5) is 14.9. The van der Waals surface area contributed by atoms with Crippen molar-refractivity contribution in [1.82, 2.24) is 10.0 Å². The lowest BCUT2D eigenvalue weighted by molar-refractivity contribution is -0.135. The molecule has 4 N–H and O–H groups in total. The Morgan fingerprint density at radius 1 is 1.06 bits per heavy atom. The lowest BCUT2D eigenvalue weighted by Gasteiger charge is -2.27. The van der Waals surface area contributed by atoms with E-state index in [1.54, 1.807) is 25.2 Å². The maximum atomic E-state index is 13.1. The molecule has 1 atom stereocenters. The third-order valence-electron chi connectivity index (χ3n) is 5.11. The third kappa shape index (κ3) is 6.43. The summed E-state index contributed by atoms with van der Waals surface area (Å²) in [5.74, 6) is -1.03. The van der Waals surface area contributed by atoms with E-state index < -0.39 is 32.1 Å². The van der Waals surface area contributed by atoms with Gasteiger partial charge in [0.25, 0.3) is 10.0 Å². The highest BCUT2D eigenvalue weighted by Gasteiger charge is 2.28. The van der Waals surface area contributed by atoms with Crippen LogP contribution in [-0.2, 0) is 24.8 Å². The summed E-state index contributed by atoms with van der Waals surface area (Å²) in [6, 6.07) is 12.6. The highest BCUT2D eigenvalue weighted by molar-refractivity contribution is 7.92. The Morgan fingerprint density at radius 2 is 1.76 bits per heavy atom. The number of aliphatic imine (C=N–C) groups is 1. The average molecular weight is 507 g/mol. The predicted octanol–water partition coefficient (Wildman–Crippen LogP) is 1.95. The molecule has 0 aromatic heterocycles. The van der Waals surface area contributed by atoms with Crippen LogP contribution in [-0.4, -0.2) is 53.8 Å². The van der Waals surface area contributed by atoms with Crippen molar-refractivity contribution in [3.8, 4) is 0 Å². The number of nitrogens with one attached hydrogen (secondary N) is 3. The van der Waals surface area contributed by atoms with Crippen LogP contribution in [0.5, 0.6) is 0 Å². The Morgan fingerprint density at radius 3 is 2.44 bits per heavy atom. The summed E-state index contributed by atoms with van der Waals surface area (Å²) < 4.78 is 56.5. The zero-order valence-corrected chi connectivity index (χ0v) is 20.1. The van der Waals surface area contributed by atoms with Gasteiger partial charge in [0.15, 0.2) is 0 Å². The second-order valence-corrected chi connectivity index (χ2v) is 11.0. The van der Waals surface area contributed by atoms with Crippen molar-refractivity contribution in [2.24, 2.45) is 4.99 Å². The molecule has 0 spiro atoms. The van der Waals surface area contributed by atoms with Crippen LogP contribution in [0.15, 0.2) is 80.7 Å². The van der Waals surface area contributed by atoms with Crippen LogP contribution in [0.4, 0.5) is 5.69 Å². The summed E-state index contributed by atoms with van der Waals surface area (Å²) in [5.41, 5.74) is 1.29. The highest BCUT2D eigenvalue weighted by atomic mass is 32.2. The minimum atomic E-state index is -4.03. The van der Waals surface area contributed by atoms with Crippen molar-refractivity contribution in [1.29, 1.82) is 0 Å². The van der Waals surface area contributed by atoms with E-state index in [2.05, 4.69) is 19.8 Å². The minimum absolute atomic E-state index is 0.0543. The van der Waals surface area contributed by atoms with Gasteiger partial charge in [-0.25, -0.2) is 21.6 Å². The molecule has 0 amide bonds. The Labute approximate surface area is 198 Å². The van der Waals surface area contributed by atoms with E-state index in [4.69, 9.17) is 5.11 Å². The number of carbonyl (C=O) groups is 1. The average Bonchev–Trinajstić information content (AvgIpc) is 2.79. The largest absolute Gasteiger partial charge is 0.480 e. The second-order valence-electron chi connectivity index (χ2n) is 7.58. The van der Waals surface area contributed by atoms with Crippen LogP contribution in [0.2, 0.25) is 0 Å². The number of carboxylic acid groups (broad SMARTS) is 1. The first kappa shape index (κ1) is 25.4. The molecule has 3 rings (SSSR count). The Bertz CT molecular complexity index is 1310. The zero-order chi connectivity index (χ0) is 24.8. The highest BCUT2D eigenvalue weighted by Crippen LogP contribution is 2.25. The van der Waals surface area contributed by atoms with Crippen LogP contribution in [0, 0.1) is 0 Å². The van der Waals surface area contributed by atoms with Gasteiger partial charge in [-0.15, -0.1) is 0 Å². The zero-order valence-electron chi connectivity index (χ0n) is 18.4. The van der Waals surface area contributed by atoms with E-state index in [1.165, 1.54) is 42.6 Å². The molecule has 0 heterocycles. The molecule has 1 aliphatic rings. The molecule has 10 nitrogen and oxygen atoms in total. The van der Waals surface area contributed by atoms with Gasteiger partial charge in [0, 0.05) is 24.5 Å². The van der Waals surface area contributed by atoms with Crippen LogP contribution >= 0.6 is 0 Å². The number of anilines is 1. The normalized spacial score (nSPS) is 17.0. The Balaban J connectivity index is 1.85. The molecule has 0 saturated heterocycles. The first-order valence-electron chi connectivity index (χ1n) is 10.4. The van der Waals surface area contributed by atoms with Crippen LogP contribution in [0.1, 0.15) is 19.3 Å². The fraction of sp³-hybridized carbons (Fsp3) is 0.273. The third-order valence-corrected chi connectivity index (χ3v) is 7.98. The van der Waals surface area contributed by atoms with Crippen molar-refractivity contribution in [2.75, 3.05) is 18.3 Å². The van der Waals surface area contributed by atoms with E-state index in [-0.39, 0.29) is 22.0 Å². The van der Waals surface area contributed by atoms with Crippen LogP contribution in [0.25, 0.3) is 0 Å². The van der Waals surface area contributed by atoms with Gasteiger partial charge in [-0.3, -0.25) is 14.5 Å².